The fraction of sp³-hybridized carbons (Fsp3) is 0.533. The summed E-state index contributed by atoms with van der Waals surface area (Å²) in [6, 6.07) is 2.09. The molecule has 3 heterocycles. The van der Waals surface area contributed by atoms with Crippen LogP contribution in [0.2, 0.25) is 0 Å². The predicted molar refractivity (Wildman–Crippen MR) is 82.4 cm³/mol. The molecular formula is C15H17N5O5. The molecule has 1 aliphatic heterocycles. The van der Waals surface area contributed by atoms with Crippen LogP contribution in [0.3, 0.4) is 0 Å². The van der Waals surface area contributed by atoms with Crippen molar-refractivity contribution in [3.63, 3.8) is 0 Å². The highest BCUT2D eigenvalue weighted by molar-refractivity contribution is 5.92. The molecule has 0 bridgehead atoms. The molecular weight excluding hydrogens is 330 g/mol. The highest BCUT2D eigenvalue weighted by Crippen LogP contribution is 2.39. The summed E-state index contributed by atoms with van der Waals surface area (Å²) in [5.74, 6) is -0.149. The predicted octanol–water partition coefficient (Wildman–Crippen LogP) is 1.89. The Morgan fingerprint density at radius 2 is 2.20 bits per heavy atom. The van der Waals surface area contributed by atoms with E-state index in [0.717, 1.165) is 31.7 Å². The second kappa shape index (κ2) is 5.66. The standard InChI is InChI=1S/C15H17N5O5/c16-15(6-2-7-15)14-17-12(25-18-14)9-3-1-8-19(9)13(21)10-4-5-11(24-10)20(22)23/h4-5,9H,1-3,6-8,16H2. The summed E-state index contributed by atoms with van der Waals surface area (Å²) in [5, 5.41) is 14.7. The molecule has 25 heavy (non-hydrogen) atoms. The van der Waals surface area contributed by atoms with Crippen LogP contribution in [0.25, 0.3) is 0 Å². The van der Waals surface area contributed by atoms with Crippen LogP contribution in [0.1, 0.15) is 60.4 Å². The molecule has 2 N–H and O–H groups in total. The Labute approximate surface area is 142 Å². The quantitative estimate of drug-likeness (QED) is 0.652. The zero-order valence-corrected chi connectivity index (χ0v) is 13.4. The van der Waals surface area contributed by atoms with Crippen LogP contribution in [0.15, 0.2) is 21.1 Å². The lowest BCUT2D eigenvalue weighted by Crippen LogP contribution is -2.44. The molecule has 10 nitrogen and oxygen atoms in total. The molecule has 1 amide bonds. The van der Waals surface area contributed by atoms with Crippen molar-refractivity contribution >= 4 is 11.8 Å². The first-order valence-corrected chi connectivity index (χ1v) is 8.16. The molecule has 1 saturated heterocycles. The summed E-state index contributed by atoms with van der Waals surface area (Å²) in [5.41, 5.74) is 5.68. The van der Waals surface area contributed by atoms with E-state index >= 15 is 0 Å². The van der Waals surface area contributed by atoms with Crippen molar-refractivity contribution in [2.24, 2.45) is 5.73 Å². The lowest BCUT2D eigenvalue weighted by atomic mass is 9.77. The first kappa shape index (κ1) is 15.8. The SMILES string of the molecule is NC1(c2noc(C3CCCN3C(=O)c3ccc([N+](=O)[O-])o3)n2)CCC1. The Hall–Kier alpha value is -2.75. The molecule has 1 atom stereocenters. The van der Waals surface area contributed by atoms with Gasteiger partial charge in [-0.15, -0.1) is 0 Å². The number of nitro groups is 1. The van der Waals surface area contributed by atoms with Crippen LogP contribution in [0.4, 0.5) is 5.88 Å². The molecule has 0 spiro atoms. The van der Waals surface area contributed by atoms with E-state index < -0.39 is 22.3 Å². The Morgan fingerprint density at radius 3 is 2.84 bits per heavy atom. The van der Waals surface area contributed by atoms with Crippen molar-refractivity contribution < 1.29 is 18.7 Å². The van der Waals surface area contributed by atoms with Crippen LogP contribution in [0.5, 0.6) is 0 Å². The molecule has 132 valence electrons. The average molecular weight is 347 g/mol. The number of likely N-dealkylation sites (tertiary alicyclic amines) is 1. The van der Waals surface area contributed by atoms with E-state index in [1.807, 2.05) is 0 Å². The van der Waals surface area contributed by atoms with Gasteiger partial charge in [-0.25, -0.2) is 0 Å². The maximum Gasteiger partial charge on any atom is 0.433 e. The molecule has 2 aromatic rings. The van der Waals surface area contributed by atoms with E-state index in [0.29, 0.717) is 24.7 Å². The first-order chi connectivity index (χ1) is 12.0. The van der Waals surface area contributed by atoms with E-state index in [2.05, 4.69) is 10.1 Å². The number of rotatable bonds is 4. The molecule has 1 unspecified atom stereocenters. The van der Waals surface area contributed by atoms with Gasteiger partial charge in [-0.3, -0.25) is 14.9 Å². The third-order valence-electron chi connectivity index (χ3n) is 4.91. The number of hydrogen-bond acceptors (Lipinski definition) is 8. The number of nitrogens with two attached hydrogens (primary N) is 1. The highest BCUT2D eigenvalue weighted by Gasteiger charge is 2.41. The summed E-state index contributed by atoms with van der Waals surface area (Å²) in [4.78, 5) is 28.6. The Morgan fingerprint density at radius 1 is 1.40 bits per heavy atom. The van der Waals surface area contributed by atoms with Gasteiger partial charge in [0.1, 0.15) is 11.0 Å². The van der Waals surface area contributed by atoms with Crippen molar-refractivity contribution in [1.29, 1.82) is 0 Å². The topological polar surface area (TPSA) is 142 Å². The van der Waals surface area contributed by atoms with Gasteiger partial charge in [0.05, 0.1) is 11.6 Å². The smallest absolute Gasteiger partial charge is 0.395 e. The zero-order chi connectivity index (χ0) is 17.6. The van der Waals surface area contributed by atoms with E-state index in [1.165, 1.54) is 6.07 Å². The van der Waals surface area contributed by atoms with Gasteiger partial charge in [0, 0.05) is 6.54 Å². The Bertz CT molecular complexity index is 824. The molecule has 1 aliphatic carbocycles. The number of hydrogen-bond donors (Lipinski definition) is 1. The molecule has 10 heteroatoms. The second-order valence-corrected chi connectivity index (χ2v) is 6.52. The van der Waals surface area contributed by atoms with E-state index in [-0.39, 0.29) is 11.8 Å². The number of carbonyl (C=O) groups is 1. The summed E-state index contributed by atoms with van der Waals surface area (Å²) < 4.78 is 10.4. The minimum atomic E-state index is -0.679. The van der Waals surface area contributed by atoms with Crippen molar-refractivity contribution in [2.45, 2.75) is 43.7 Å². The summed E-state index contributed by atoms with van der Waals surface area (Å²) >= 11 is 0. The first-order valence-electron chi connectivity index (χ1n) is 8.16. The van der Waals surface area contributed by atoms with Crippen LogP contribution in [0, 0.1) is 10.1 Å². The fourth-order valence-corrected chi connectivity index (χ4v) is 3.30. The van der Waals surface area contributed by atoms with Crippen molar-refractivity contribution in [1.82, 2.24) is 15.0 Å². The summed E-state index contributed by atoms with van der Waals surface area (Å²) in [7, 11) is 0. The van der Waals surface area contributed by atoms with E-state index in [4.69, 9.17) is 14.7 Å². The van der Waals surface area contributed by atoms with Gasteiger partial charge in [0.2, 0.25) is 5.89 Å². The number of aromatic nitrogens is 2. The number of furan rings is 1. The molecule has 0 radical (unpaired) electrons. The zero-order valence-electron chi connectivity index (χ0n) is 13.4. The fourth-order valence-electron chi connectivity index (χ4n) is 3.30. The second-order valence-electron chi connectivity index (χ2n) is 6.52. The Kier molecular flexibility index (Phi) is 3.57. The van der Waals surface area contributed by atoms with Crippen LogP contribution >= 0.6 is 0 Å². The van der Waals surface area contributed by atoms with Gasteiger partial charge in [-0.05, 0) is 38.2 Å². The normalized spacial score (nSPS) is 22.0. The lowest BCUT2D eigenvalue weighted by molar-refractivity contribution is -0.402. The van der Waals surface area contributed by atoms with Crippen molar-refractivity contribution in [2.75, 3.05) is 6.54 Å². The van der Waals surface area contributed by atoms with E-state index in [1.54, 1.807) is 4.90 Å². The van der Waals surface area contributed by atoms with E-state index in [9.17, 15) is 14.9 Å². The highest BCUT2D eigenvalue weighted by atomic mass is 16.6. The van der Waals surface area contributed by atoms with Gasteiger partial charge in [-0.1, -0.05) is 5.16 Å². The summed E-state index contributed by atoms with van der Waals surface area (Å²) in [6.45, 7) is 0.490. The molecule has 2 aliphatic rings. The van der Waals surface area contributed by atoms with Gasteiger partial charge in [-0.2, -0.15) is 4.98 Å². The monoisotopic (exact) mass is 347 g/mol. The van der Waals surface area contributed by atoms with Crippen LogP contribution in [-0.2, 0) is 5.54 Å². The number of amides is 1. The largest absolute Gasteiger partial charge is 0.433 e. The van der Waals surface area contributed by atoms with Crippen molar-refractivity contribution in [3.8, 4) is 0 Å². The maximum atomic E-state index is 12.6. The minimum Gasteiger partial charge on any atom is -0.395 e. The van der Waals surface area contributed by atoms with Gasteiger partial charge in [0.15, 0.2) is 11.6 Å². The summed E-state index contributed by atoms with van der Waals surface area (Å²) in [6.07, 6.45) is 4.11. The van der Waals surface area contributed by atoms with Gasteiger partial charge in [0.25, 0.3) is 5.91 Å². The lowest BCUT2D eigenvalue weighted by Gasteiger charge is -2.34. The average Bonchev–Trinajstić information content (AvgIpc) is 3.30. The maximum absolute atomic E-state index is 12.6. The molecule has 2 aromatic heterocycles. The molecule has 2 fully saturated rings. The number of carbonyl (C=O) groups excluding carboxylic acids is 1. The third-order valence-corrected chi connectivity index (χ3v) is 4.91. The molecule has 4 rings (SSSR count). The van der Waals surface area contributed by atoms with Crippen LogP contribution < -0.4 is 5.73 Å². The van der Waals surface area contributed by atoms with Gasteiger partial charge >= 0.3 is 5.88 Å². The van der Waals surface area contributed by atoms with Gasteiger partial charge < -0.3 is 19.6 Å². The molecule has 1 saturated carbocycles. The third kappa shape index (κ3) is 2.58. The molecule has 0 aromatic carbocycles. The minimum absolute atomic E-state index is 0.0763. The Balaban J connectivity index is 1.55. The van der Waals surface area contributed by atoms with Crippen LogP contribution in [-0.4, -0.2) is 32.4 Å². The van der Waals surface area contributed by atoms with Crippen molar-refractivity contribution in [3.05, 3.63) is 39.7 Å². The number of nitrogens with zero attached hydrogens (tertiary/aromatic N) is 4.